The van der Waals surface area contributed by atoms with Crippen LogP contribution < -0.4 is 0 Å². The molecule has 80 valence electrons. The summed E-state index contributed by atoms with van der Waals surface area (Å²) in [6.45, 7) is 0. The van der Waals surface area contributed by atoms with Crippen molar-refractivity contribution in [2.75, 3.05) is 0 Å². The van der Waals surface area contributed by atoms with Crippen molar-refractivity contribution in [3.63, 3.8) is 0 Å². The summed E-state index contributed by atoms with van der Waals surface area (Å²) in [5, 5.41) is 16.5. The summed E-state index contributed by atoms with van der Waals surface area (Å²) in [6.07, 6.45) is 1.42. The molecule has 0 bridgehead atoms. The van der Waals surface area contributed by atoms with Crippen LogP contribution in [-0.4, -0.2) is 15.2 Å². The molecular weight excluding hydrogens is 244 g/mol. The smallest absolute Gasteiger partial charge is 0.185 e. The topological polar surface area (TPSA) is 65.4 Å². The van der Waals surface area contributed by atoms with Crippen molar-refractivity contribution in [2.45, 2.75) is 10.4 Å². The first-order valence-electron chi connectivity index (χ1n) is 4.46. The number of hydrogen-bond donors (Lipinski definition) is 1. The van der Waals surface area contributed by atoms with E-state index in [1.807, 2.05) is 12.1 Å². The third-order valence-corrected chi connectivity index (χ3v) is 3.20. The first kappa shape index (κ1) is 11.0. The molecule has 4 nitrogen and oxygen atoms in total. The van der Waals surface area contributed by atoms with Crippen molar-refractivity contribution in [1.82, 2.24) is 15.2 Å². The van der Waals surface area contributed by atoms with E-state index in [-0.39, 0.29) is 5.25 Å². The Kier molecular flexibility index (Phi) is 3.44. The van der Waals surface area contributed by atoms with Gasteiger partial charge in [-0.3, -0.25) is 5.10 Å². The minimum atomic E-state index is -0.315. The SMILES string of the molecule is N#C[C@@H](Sc1ncn[nH]1)c1ccc(Cl)cc1. The second kappa shape index (κ2) is 5.01. The highest BCUT2D eigenvalue weighted by Gasteiger charge is 2.13. The minimum Gasteiger partial charge on any atom is -0.254 e. The number of nitrogens with one attached hydrogen (secondary N) is 1. The Bertz CT molecular complexity index is 489. The summed E-state index contributed by atoms with van der Waals surface area (Å²) in [7, 11) is 0. The van der Waals surface area contributed by atoms with Gasteiger partial charge in [0.05, 0.1) is 6.07 Å². The third-order valence-electron chi connectivity index (χ3n) is 1.91. The Morgan fingerprint density at radius 1 is 1.38 bits per heavy atom. The molecule has 2 aromatic rings. The van der Waals surface area contributed by atoms with E-state index in [9.17, 15) is 0 Å². The lowest BCUT2D eigenvalue weighted by Gasteiger charge is -2.06. The highest BCUT2D eigenvalue weighted by atomic mass is 35.5. The first-order chi connectivity index (χ1) is 7.79. The minimum absolute atomic E-state index is 0.315. The van der Waals surface area contributed by atoms with Crippen LogP contribution in [0.3, 0.4) is 0 Å². The van der Waals surface area contributed by atoms with Gasteiger partial charge in [-0.25, -0.2) is 4.98 Å². The maximum absolute atomic E-state index is 9.08. The fraction of sp³-hybridized carbons (Fsp3) is 0.100. The van der Waals surface area contributed by atoms with Gasteiger partial charge in [-0.05, 0) is 17.7 Å². The van der Waals surface area contributed by atoms with Crippen molar-refractivity contribution in [3.05, 3.63) is 41.2 Å². The van der Waals surface area contributed by atoms with Gasteiger partial charge in [-0.2, -0.15) is 10.4 Å². The van der Waals surface area contributed by atoms with Crippen molar-refractivity contribution in [3.8, 4) is 6.07 Å². The van der Waals surface area contributed by atoms with E-state index in [0.717, 1.165) is 5.56 Å². The lowest BCUT2D eigenvalue weighted by atomic mass is 10.2. The molecule has 0 amide bonds. The number of aromatic amines is 1. The van der Waals surface area contributed by atoms with Crippen LogP contribution in [0.5, 0.6) is 0 Å². The normalized spacial score (nSPS) is 12.0. The summed E-state index contributed by atoms with van der Waals surface area (Å²) in [5.74, 6) is 0. The van der Waals surface area contributed by atoms with E-state index in [2.05, 4.69) is 21.3 Å². The second-order valence-corrected chi connectivity index (χ2v) is 4.50. The van der Waals surface area contributed by atoms with Gasteiger partial charge in [0.2, 0.25) is 0 Å². The average molecular weight is 251 g/mol. The van der Waals surface area contributed by atoms with Gasteiger partial charge < -0.3 is 0 Å². The van der Waals surface area contributed by atoms with Crippen LogP contribution in [0.1, 0.15) is 10.8 Å². The molecule has 0 aliphatic carbocycles. The molecule has 0 aliphatic heterocycles. The molecule has 1 aromatic carbocycles. The zero-order chi connectivity index (χ0) is 11.4. The molecule has 0 radical (unpaired) electrons. The van der Waals surface area contributed by atoms with Crippen LogP contribution in [0.25, 0.3) is 0 Å². The predicted octanol–water partition coefficient (Wildman–Crippen LogP) is 2.82. The standard InChI is InChI=1S/C10H7ClN4S/c11-8-3-1-7(2-4-8)9(5-12)16-10-13-6-14-15-10/h1-4,6,9H,(H,13,14,15)/t9-/m1/s1. The fourth-order valence-corrected chi connectivity index (χ4v) is 2.08. The summed E-state index contributed by atoms with van der Waals surface area (Å²) >= 11 is 7.11. The van der Waals surface area contributed by atoms with Crippen LogP contribution in [0.4, 0.5) is 0 Å². The van der Waals surface area contributed by atoms with Crippen molar-refractivity contribution in [1.29, 1.82) is 5.26 Å². The van der Waals surface area contributed by atoms with Gasteiger partial charge in [0.25, 0.3) is 0 Å². The van der Waals surface area contributed by atoms with Gasteiger partial charge in [0.15, 0.2) is 5.16 Å². The quantitative estimate of drug-likeness (QED) is 0.851. The average Bonchev–Trinajstić information content (AvgIpc) is 2.80. The second-order valence-electron chi connectivity index (χ2n) is 2.97. The third kappa shape index (κ3) is 2.54. The lowest BCUT2D eigenvalue weighted by molar-refractivity contribution is 0.969. The Balaban J connectivity index is 2.17. The maximum Gasteiger partial charge on any atom is 0.185 e. The van der Waals surface area contributed by atoms with Gasteiger partial charge in [0, 0.05) is 5.02 Å². The van der Waals surface area contributed by atoms with E-state index < -0.39 is 0 Å². The first-order valence-corrected chi connectivity index (χ1v) is 5.72. The van der Waals surface area contributed by atoms with Gasteiger partial charge in [-0.1, -0.05) is 35.5 Å². The van der Waals surface area contributed by atoms with Crippen LogP contribution in [-0.2, 0) is 0 Å². The summed E-state index contributed by atoms with van der Waals surface area (Å²) in [5.41, 5.74) is 0.897. The van der Waals surface area contributed by atoms with Gasteiger partial charge >= 0.3 is 0 Å². The van der Waals surface area contributed by atoms with E-state index >= 15 is 0 Å². The molecule has 0 spiro atoms. The van der Waals surface area contributed by atoms with Crippen LogP contribution in [0, 0.1) is 11.3 Å². The number of rotatable bonds is 3. The zero-order valence-electron chi connectivity index (χ0n) is 8.09. The molecule has 1 aromatic heterocycles. The summed E-state index contributed by atoms with van der Waals surface area (Å²) in [6, 6.07) is 9.41. The number of nitrogens with zero attached hydrogens (tertiary/aromatic N) is 3. The highest BCUT2D eigenvalue weighted by Crippen LogP contribution is 2.32. The molecule has 0 unspecified atom stereocenters. The number of hydrogen-bond acceptors (Lipinski definition) is 4. The number of nitriles is 1. The van der Waals surface area contributed by atoms with E-state index in [0.29, 0.717) is 10.2 Å². The molecule has 6 heteroatoms. The number of benzene rings is 1. The molecule has 0 saturated carbocycles. The summed E-state index contributed by atoms with van der Waals surface area (Å²) in [4.78, 5) is 3.97. The Morgan fingerprint density at radius 3 is 2.69 bits per heavy atom. The van der Waals surface area contributed by atoms with E-state index in [1.165, 1.54) is 18.1 Å². The summed E-state index contributed by atoms with van der Waals surface area (Å²) < 4.78 is 0. The maximum atomic E-state index is 9.08. The molecule has 0 aliphatic rings. The molecular formula is C10H7ClN4S. The van der Waals surface area contributed by atoms with E-state index in [1.54, 1.807) is 12.1 Å². The fourth-order valence-electron chi connectivity index (χ4n) is 1.17. The number of halogens is 1. The molecule has 1 N–H and O–H groups in total. The monoisotopic (exact) mass is 250 g/mol. The zero-order valence-corrected chi connectivity index (χ0v) is 9.66. The number of H-pyrrole nitrogens is 1. The van der Waals surface area contributed by atoms with Gasteiger partial charge in [-0.15, -0.1) is 0 Å². The molecule has 2 rings (SSSR count). The Labute approximate surface area is 102 Å². The highest BCUT2D eigenvalue weighted by molar-refractivity contribution is 7.99. The number of thioether (sulfide) groups is 1. The van der Waals surface area contributed by atoms with E-state index in [4.69, 9.17) is 16.9 Å². The number of aromatic nitrogens is 3. The van der Waals surface area contributed by atoms with Crippen molar-refractivity contribution in [2.24, 2.45) is 0 Å². The van der Waals surface area contributed by atoms with Crippen LogP contribution in [0.2, 0.25) is 5.02 Å². The van der Waals surface area contributed by atoms with Crippen molar-refractivity contribution < 1.29 is 0 Å². The Hall–Kier alpha value is -1.51. The lowest BCUT2D eigenvalue weighted by Crippen LogP contribution is -1.91. The predicted molar refractivity (Wildman–Crippen MR) is 62.0 cm³/mol. The van der Waals surface area contributed by atoms with Crippen molar-refractivity contribution >= 4 is 23.4 Å². The Morgan fingerprint density at radius 2 is 2.12 bits per heavy atom. The van der Waals surface area contributed by atoms with Gasteiger partial charge in [0.1, 0.15) is 11.6 Å². The molecule has 1 heterocycles. The molecule has 0 fully saturated rings. The molecule has 0 saturated heterocycles. The van der Waals surface area contributed by atoms with Crippen LogP contribution >= 0.6 is 23.4 Å². The molecule has 16 heavy (non-hydrogen) atoms. The largest absolute Gasteiger partial charge is 0.254 e. The van der Waals surface area contributed by atoms with Crippen LogP contribution in [0.15, 0.2) is 35.7 Å². The molecule has 1 atom stereocenters.